The van der Waals surface area contributed by atoms with E-state index >= 15 is 0 Å². The van der Waals surface area contributed by atoms with Gasteiger partial charge in [0.05, 0.1) is 22.7 Å². The molecular formula is C25H20F5NO5S. The average Bonchev–Trinajstić information content (AvgIpc) is 2.84. The number of fused-ring (bicyclic) bond motifs is 1. The second-order valence-electron chi connectivity index (χ2n) is 8.37. The smallest absolute Gasteiger partial charge is 0.416 e. The van der Waals surface area contributed by atoms with Crippen molar-refractivity contribution in [1.29, 1.82) is 0 Å². The molecule has 0 saturated carbocycles. The van der Waals surface area contributed by atoms with Crippen LogP contribution in [-0.4, -0.2) is 32.1 Å². The molecule has 196 valence electrons. The highest BCUT2D eigenvalue weighted by Crippen LogP contribution is 2.41. The molecule has 6 nitrogen and oxygen atoms in total. The third-order valence-corrected chi connectivity index (χ3v) is 7.60. The van der Waals surface area contributed by atoms with Crippen LogP contribution in [0.1, 0.15) is 24.8 Å². The fraction of sp³-hybridized carbons (Fsp3) is 0.240. The normalized spacial score (nSPS) is 15.7. The Morgan fingerprint density at radius 1 is 1.05 bits per heavy atom. The van der Waals surface area contributed by atoms with Gasteiger partial charge in [-0.05, 0) is 54.8 Å². The third-order valence-electron chi connectivity index (χ3n) is 5.82. The zero-order valence-corrected chi connectivity index (χ0v) is 19.8. The lowest BCUT2D eigenvalue weighted by atomic mass is 10.0. The summed E-state index contributed by atoms with van der Waals surface area (Å²) in [6.45, 7) is -0.333. The van der Waals surface area contributed by atoms with E-state index in [0.29, 0.717) is 6.07 Å². The molecule has 0 aromatic heterocycles. The van der Waals surface area contributed by atoms with Crippen LogP contribution >= 0.6 is 0 Å². The Labute approximate surface area is 209 Å². The first-order chi connectivity index (χ1) is 17.4. The summed E-state index contributed by atoms with van der Waals surface area (Å²) in [5, 5.41) is 8.91. The summed E-state index contributed by atoms with van der Waals surface area (Å²) in [4.78, 5) is 10.3. The molecule has 0 spiro atoms. The first-order valence-electron chi connectivity index (χ1n) is 11.0. The fourth-order valence-electron chi connectivity index (χ4n) is 4.03. The van der Waals surface area contributed by atoms with Gasteiger partial charge in [-0.1, -0.05) is 24.3 Å². The minimum absolute atomic E-state index is 0.0442. The van der Waals surface area contributed by atoms with E-state index in [4.69, 9.17) is 9.84 Å². The van der Waals surface area contributed by atoms with Crippen molar-refractivity contribution in [3.8, 4) is 16.9 Å². The second kappa shape index (κ2) is 10.0. The molecule has 12 heteroatoms. The molecule has 37 heavy (non-hydrogen) atoms. The van der Waals surface area contributed by atoms with Crippen molar-refractivity contribution < 1.29 is 45.0 Å². The van der Waals surface area contributed by atoms with E-state index in [1.165, 1.54) is 30.3 Å². The Hall–Kier alpha value is -3.67. The predicted octanol–water partition coefficient (Wildman–Crippen LogP) is 5.86. The Morgan fingerprint density at radius 2 is 1.78 bits per heavy atom. The quantitative estimate of drug-likeness (QED) is 0.379. The molecule has 4 rings (SSSR count). The summed E-state index contributed by atoms with van der Waals surface area (Å²) in [6, 6.07) is 10.8. The standard InChI is InChI=1S/C25H20F5NO5S/c26-20-8-3-7-19(24(20)27)15-10-11-22-21(12-15)31(14-17(36-22)5-2-9-23(32)33)37(34,35)18-6-1-4-16(13-18)25(28,29)30/h1,3-4,6-8,10-13,17H,2,5,9,14H2,(H,32,33)/t17-/m0/s1. The van der Waals surface area contributed by atoms with Crippen molar-refractivity contribution in [1.82, 2.24) is 0 Å². The highest BCUT2D eigenvalue weighted by molar-refractivity contribution is 7.92. The minimum Gasteiger partial charge on any atom is -0.486 e. The van der Waals surface area contributed by atoms with Gasteiger partial charge in [0.2, 0.25) is 0 Å². The van der Waals surface area contributed by atoms with Gasteiger partial charge in [-0.3, -0.25) is 9.10 Å². The lowest BCUT2D eigenvalue weighted by Crippen LogP contribution is -2.43. The number of carboxylic acids is 1. The van der Waals surface area contributed by atoms with Crippen LogP contribution in [0, 0.1) is 11.6 Å². The maximum Gasteiger partial charge on any atom is 0.416 e. The van der Waals surface area contributed by atoms with Gasteiger partial charge in [-0.2, -0.15) is 13.2 Å². The van der Waals surface area contributed by atoms with E-state index in [1.54, 1.807) is 0 Å². The first kappa shape index (κ1) is 26.4. The Morgan fingerprint density at radius 3 is 2.49 bits per heavy atom. The number of sulfonamides is 1. The first-order valence-corrected chi connectivity index (χ1v) is 12.5. The summed E-state index contributed by atoms with van der Waals surface area (Å²) >= 11 is 0. The molecular weight excluding hydrogens is 521 g/mol. The van der Waals surface area contributed by atoms with Gasteiger partial charge in [0.1, 0.15) is 11.9 Å². The van der Waals surface area contributed by atoms with Gasteiger partial charge in [0.25, 0.3) is 10.0 Å². The molecule has 0 radical (unpaired) electrons. The van der Waals surface area contributed by atoms with Crippen LogP contribution < -0.4 is 9.04 Å². The van der Waals surface area contributed by atoms with Crippen molar-refractivity contribution in [2.75, 3.05) is 10.8 Å². The minimum atomic E-state index is -4.78. The van der Waals surface area contributed by atoms with E-state index < -0.39 is 50.4 Å². The lowest BCUT2D eigenvalue weighted by Gasteiger charge is -2.36. The lowest BCUT2D eigenvalue weighted by molar-refractivity contribution is -0.138. The number of rotatable bonds is 7. The molecule has 1 N–H and O–H groups in total. The van der Waals surface area contributed by atoms with E-state index in [2.05, 4.69) is 0 Å². The average molecular weight is 541 g/mol. The molecule has 3 aromatic carbocycles. The van der Waals surface area contributed by atoms with E-state index in [9.17, 15) is 35.2 Å². The van der Waals surface area contributed by atoms with Gasteiger partial charge in [0, 0.05) is 12.0 Å². The van der Waals surface area contributed by atoms with Crippen LogP contribution in [0.5, 0.6) is 5.75 Å². The third kappa shape index (κ3) is 5.53. The topological polar surface area (TPSA) is 83.9 Å². The van der Waals surface area contributed by atoms with E-state index in [0.717, 1.165) is 28.6 Å². The number of aliphatic carboxylic acids is 1. The van der Waals surface area contributed by atoms with Crippen LogP contribution in [0.4, 0.5) is 27.6 Å². The number of nitrogens with zero attached hydrogens (tertiary/aromatic N) is 1. The number of carboxylic acid groups (broad SMARTS) is 1. The number of alkyl halides is 3. The molecule has 0 unspecified atom stereocenters. The number of ether oxygens (including phenoxy) is 1. The summed E-state index contributed by atoms with van der Waals surface area (Å²) in [5.41, 5.74) is -1.26. The molecule has 0 saturated heterocycles. The van der Waals surface area contributed by atoms with Gasteiger partial charge < -0.3 is 9.84 Å². The fourth-order valence-corrected chi connectivity index (χ4v) is 5.57. The number of hydrogen-bond donors (Lipinski definition) is 1. The monoisotopic (exact) mass is 541 g/mol. The highest BCUT2D eigenvalue weighted by Gasteiger charge is 2.37. The molecule has 0 aliphatic carbocycles. The zero-order valence-electron chi connectivity index (χ0n) is 19.0. The van der Waals surface area contributed by atoms with Crippen LogP contribution in [0.25, 0.3) is 11.1 Å². The molecule has 0 fully saturated rings. The number of carbonyl (C=O) groups is 1. The predicted molar refractivity (Wildman–Crippen MR) is 124 cm³/mol. The highest BCUT2D eigenvalue weighted by atomic mass is 32.2. The molecule has 1 aliphatic rings. The van der Waals surface area contributed by atoms with Crippen molar-refractivity contribution in [2.24, 2.45) is 0 Å². The Kier molecular flexibility index (Phi) is 7.13. The van der Waals surface area contributed by atoms with E-state index in [-0.39, 0.29) is 48.4 Å². The SMILES string of the molecule is O=C(O)CCC[C@H]1CN(S(=O)(=O)c2cccc(C(F)(F)F)c2)c2cc(-c3cccc(F)c3F)ccc2O1. The largest absolute Gasteiger partial charge is 0.486 e. The number of hydrogen-bond acceptors (Lipinski definition) is 4. The molecule has 0 amide bonds. The Bertz CT molecular complexity index is 1440. The number of anilines is 1. The molecule has 0 bridgehead atoms. The van der Waals surface area contributed by atoms with Gasteiger partial charge in [0.15, 0.2) is 11.6 Å². The van der Waals surface area contributed by atoms with Crippen LogP contribution in [0.3, 0.4) is 0 Å². The van der Waals surface area contributed by atoms with Crippen LogP contribution in [-0.2, 0) is 21.0 Å². The molecule has 1 heterocycles. The summed E-state index contributed by atoms with van der Waals surface area (Å²) in [6.07, 6.45) is -5.45. The van der Waals surface area contributed by atoms with Gasteiger partial charge in [-0.15, -0.1) is 0 Å². The van der Waals surface area contributed by atoms with Crippen molar-refractivity contribution in [2.45, 2.75) is 36.4 Å². The van der Waals surface area contributed by atoms with Crippen LogP contribution in [0.2, 0.25) is 0 Å². The molecule has 1 aliphatic heterocycles. The second-order valence-corrected chi connectivity index (χ2v) is 10.2. The van der Waals surface area contributed by atoms with E-state index in [1.807, 2.05) is 0 Å². The van der Waals surface area contributed by atoms with Crippen molar-refractivity contribution in [3.63, 3.8) is 0 Å². The van der Waals surface area contributed by atoms with Crippen molar-refractivity contribution in [3.05, 3.63) is 77.9 Å². The zero-order chi connectivity index (χ0) is 27.0. The molecule has 3 aromatic rings. The molecule has 1 atom stereocenters. The van der Waals surface area contributed by atoms with Gasteiger partial charge in [-0.25, -0.2) is 17.2 Å². The maximum atomic E-state index is 14.4. The summed E-state index contributed by atoms with van der Waals surface area (Å²) in [7, 11) is -4.58. The number of benzene rings is 3. The Balaban J connectivity index is 1.80. The van der Waals surface area contributed by atoms with Crippen LogP contribution in [0.15, 0.2) is 65.6 Å². The summed E-state index contributed by atoms with van der Waals surface area (Å²) in [5.74, 6) is -3.27. The van der Waals surface area contributed by atoms with Gasteiger partial charge >= 0.3 is 12.1 Å². The maximum absolute atomic E-state index is 14.4. The number of halogens is 5. The van der Waals surface area contributed by atoms with Crippen molar-refractivity contribution >= 4 is 21.7 Å². The summed E-state index contributed by atoms with van der Waals surface area (Å²) < 4.78 is 102.